The molecule has 2 amide bonds. The Morgan fingerprint density at radius 1 is 1.07 bits per heavy atom. The van der Waals surface area contributed by atoms with Crippen LogP contribution in [0.4, 0.5) is 5.69 Å². The van der Waals surface area contributed by atoms with Gasteiger partial charge in [0.25, 0.3) is 5.91 Å². The number of nitrogens with zero attached hydrogens (tertiary/aromatic N) is 2. The number of halogens is 1. The molecule has 1 N–H and O–H groups in total. The van der Waals surface area contributed by atoms with Crippen molar-refractivity contribution >= 4 is 29.1 Å². The smallest absolute Gasteiger partial charge is 0.254 e. The Bertz CT molecular complexity index is 951. The molecule has 2 aromatic rings. The minimum Gasteiger partial charge on any atom is -0.368 e. The number of piperazine rings is 1. The van der Waals surface area contributed by atoms with Gasteiger partial charge in [-0.25, -0.2) is 0 Å². The van der Waals surface area contributed by atoms with Crippen LogP contribution in [-0.4, -0.2) is 49.4 Å². The van der Waals surface area contributed by atoms with Gasteiger partial charge in [0.15, 0.2) is 0 Å². The molecule has 1 atom stereocenters. The lowest BCUT2D eigenvalue weighted by atomic mass is 9.96. The third-order valence-electron chi connectivity index (χ3n) is 5.93. The number of nitrogens with one attached hydrogen (secondary N) is 1. The largest absolute Gasteiger partial charge is 0.368 e. The van der Waals surface area contributed by atoms with Gasteiger partial charge in [0, 0.05) is 49.0 Å². The number of aryl methyl sites for hydroxylation is 2. The van der Waals surface area contributed by atoms with Crippen LogP contribution in [0.3, 0.4) is 0 Å². The highest BCUT2D eigenvalue weighted by Crippen LogP contribution is 2.31. The molecule has 0 aromatic heterocycles. The van der Waals surface area contributed by atoms with Gasteiger partial charge in [-0.2, -0.15) is 0 Å². The van der Waals surface area contributed by atoms with Gasteiger partial charge in [-0.3, -0.25) is 9.59 Å². The van der Waals surface area contributed by atoms with Crippen LogP contribution in [-0.2, 0) is 4.79 Å². The van der Waals surface area contributed by atoms with Crippen LogP contribution in [0.5, 0.6) is 0 Å². The predicted molar refractivity (Wildman–Crippen MR) is 116 cm³/mol. The van der Waals surface area contributed by atoms with Crippen LogP contribution in [0.25, 0.3) is 0 Å². The van der Waals surface area contributed by atoms with Crippen LogP contribution in [0, 0.1) is 13.8 Å². The van der Waals surface area contributed by atoms with E-state index in [9.17, 15) is 9.59 Å². The Balaban J connectivity index is 1.43. The van der Waals surface area contributed by atoms with Gasteiger partial charge in [-0.1, -0.05) is 35.4 Å². The molecule has 6 heteroatoms. The van der Waals surface area contributed by atoms with E-state index in [0.29, 0.717) is 30.2 Å². The van der Waals surface area contributed by atoms with Gasteiger partial charge in [0.2, 0.25) is 5.91 Å². The van der Waals surface area contributed by atoms with Crippen LogP contribution in [0.1, 0.15) is 39.4 Å². The van der Waals surface area contributed by atoms with E-state index >= 15 is 0 Å². The second kappa shape index (κ2) is 8.07. The Morgan fingerprint density at radius 3 is 2.45 bits per heavy atom. The van der Waals surface area contributed by atoms with Crippen LogP contribution in [0.2, 0.25) is 5.02 Å². The second-order valence-electron chi connectivity index (χ2n) is 7.94. The summed E-state index contributed by atoms with van der Waals surface area (Å²) in [6.07, 6.45) is 0.742. The fraction of sp³-hybridized carbons (Fsp3) is 0.391. The van der Waals surface area contributed by atoms with E-state index in [1.807, 2.05) is 11.0 Å². The Hall–Kier alpha value is -2.53. The quantitative estimate of drug-likeness (QED) is 0.840. The summed E-state index contributed by atoms with van der Waals surface area (Å²) in [5, 5.41) is 3.32. The van der Waals surface area contributed by atoms with Crippen molar-refractivity contribution in [3.63, 3.8) is 0 Å². The van der Waals surface area contributed by atoms with Gasteiger partial charge in [-0.15, -0.1) is 0 Å². The SMILES string of the molecule is Cc1ccc(N2CCN(C(=O)c3ccc(C4CCNC4=O)c(Cl)c3)CC2)c(C)c1. The molecule has 0 radical (unpaired) electrons. The fourth-order valence-corrected chi connectivity index (χ4v) is 4.64. The van der Waals surface area contributed by atoms with Crippen molar-refractivity contribution in [1.82, 2.24) is 10.2 Å². The number of carbonyl (C=O) groups is 2. The second-order valence-corrected chi connectivity index (χ2v) is 8.34. The average molecular weight is 412 g/mol. The van der Waals surface area contributed by atoms with E-state index in [-0.39, 0.29) is 17.7 Å². The molecule has 0 aliphatic carbocycles. The van der Waals surface area contributed by atoms with E-state index in [0.717, 1.165) is 25.1 Å². The zero-order valence-electron chi connectivity index (χ0n) is 16.9. The van der Waals surface area contributed by atoms with Gasteiger partial charge in [0.05, 0.1) is 5.92 Å². The zero-order valence-corrected chi connectivity index (χ0v) is 17.6. The third-order valence-corrected chi connectivity index (χ3v) is 6.26. The number of amides is 2. The maximum absolute atomic E-state index is 13.0. The minimum absolute atomic E-state index is 0.00500. The molecule has 29 heavy (non-hydrogen) atoms. The lowest BCUT2D eigenvalue weighted by Crippen LogP contribution is -2.49. The van der Waals surface area contributed by atoms with Crippen molar-refractivity contribution in [2.24, 2.45) is 0 Å². The van der Waals surface area contributed by atoms with Crippen molar-refractivity contribution in [3.8, 4) is 0 Å². The minimum atomic E-state index is -0.215. The van der Waals surface area contributed by atoms with Crippen molar-refractivity contribution < 1.29 is 9.59 Å². The highest BCUT2D eigenvalue weighted by molar-refractivity contribution is 6.32. The molecule has 2 aromatic carbocycles. The monoisotopic (exact) mass is 411 g/mol. The lowest BCUT2D eigenvalue weighted by molar-refractivity contribution is -0.120. The molecule has 5 nitrogen and oxygen atoms in total. The molecular formula is C23H26ClN3O2. The Kier molecular flexibility index (Phi) is 5.50. The molecule has 0 bridgehead atoms. The molecular weight excluding hydrogens is 386 g/mol. The maximum Gasteiger partial charge on any atom is 0.254 e. The van der Waals surface area contributed by atoms with Gasteiger partial charge in [-0.05, 0) is 49.6 Å². The lowest BCUT2D eigenvalue weighted by Gasteiger charge is -2.37. The van der Waals surface area contributed by atoms with E-state index < -0.39 is 0 Å². The van der Waals surface area contributed by atoms with E-state index in [1.54, 1.807) is 12.1 Å². The van der Waals surface area contributed by atoms with Crippen LogP contribution < -0.4 is 10.2 Å². The molecule has 4 rings (SSSR count). The molecule has 2 aliphatic heterocycles. The van der Waals surface area contributed by atoms with Crippen LogP contribution in [0.15, 0.2) is 36.4 Å². The van der Waals surface area contributed by atoms with Crippen LogP contribution >= 0.6 is 11.6 Å². The van der Waals surface area contributed by atoms with Crippen molar-refractivity contribution in [1.29, 1.82) is 0 Å². The first-order valence-corrected chi connectivity index (χ1v) is 10.5. The number of rotatable bonds is 3. The van der Waals surface area contributed by atoms with Gasteiger partial charge in [0.1, 0.15) is 0 Å². The summed E-state index contributed by atoms with van der Waals surface area (Å²) in [4.78, 5) is 29.1. The zero-order chi connectivity index (χ0) is 20.5. The molecule has 152 valence electrons. The maximum atomic E-state index is 13.0. The summed E-state index contributed by atoms with van der Waals surface area (Å²) in [5.74, 6) is -0.212. The topological polar surface area (TPSA) is 52.6 Å². The molecule has 1 unspecified atom stereocenters. The first kappa shape index (κ1) is 19.8. The van der Waals surface area contributed by atoms with E-state index in [1.165, 1.54) is 16.8 Å². The average Bonchev–Trinajstić information content (AvgIpc) is 3.13. The summed E-state index contributed by atoms with van der Waals surface area (Å²) < 4.78 is 0. The molecule has 2 fully saturated rings. The molecule has 2 saturated heterocycles. The highest BCUT2D eigenvalue weighted by atomic mass is 35.5. The Morgan fingerprint density at radius 2 is 1.83 bits per heavy atom. The highest BCUT2D eigenvalue weighted by Gasteiger charge is 2.29. The standard InChI is InChI=1S/C23H26ClN3O2/c1-15-3-6-21(16(2)13-15)26-9-11-27(12-10-26)23(29)17-4-5-18(20(24)14-17)19-7-8-25-22(19)28/h3-6,13-14,19H,7-12H2,1-2H3,(H,25,28). The normalized spacial score (nSPS) is 19.4. The summed E-state index contributed by atoms with van der Waals surface area (Å²) >= 11 is 6.43. The first-order valence-electron chi connectivity index (χ1n) is 10.1. The predicted octanol–water partition coefficient (Wildman–Crippen LogP) is 3.52. The number of hydrogen-bond acceptors (Lipinski definition) is 3. The summed E-state index contributed by atoms with van der Waals surface area (Å²) in [6.45, 7) is 7.88. The number of hydrogen-bond donors (Lipinski definition) is 1. The van der Waals surface area contributed by atoms with Gasteiger partial charge < -0.3 is 15.1 Å². The molecule has 0 spiro atoms. The van der Waals surface area contributed by atoms with E-state index in [4.69, 9.17) is 11.6 Å². The van der Waals surface area contributed by atoms with E-state index in [2.05, 4.69) is 42.3 Å². The summed E-state index contributed by atoms with van der Waals surface area (Å²) in [7, 11) is 0. The third kappa shape index (κ3) is 3.97. The summed E-state index contributed by atoms with van der Waals surface area (Å²) in [6, 6.07) is 11.8. The number of carbonyl (C=O) groups excluding carboxylic acids is 2. The number of anilines is 1. The van der Waals surface area contributed by atoms with Crippen molar-refractivity contribution in [2.75, 3.05) is 37.6 Å². The van der Waals surface area contributed by atoms with Crippen molar-refractivity contribution in [2.45, 2.75) is 26.2 Å². The first-order chi connectivity index (χ1) is 13.9. The molecule has 2 heterocycles. The Labute approximate surface area is 176 Å². The fourth-order valence-electron chi connectivity index (χ4n) is 4.33. The summed E-state index contributed by atoms with van der Waals surface area (Å²) in [5.41, 5.74) is 5.15. The van der Waals surface area contributed by atoms with Gasteiger partial charge >= 0.3 is 0 Å². The molecule has 2 aliphatic rings. The molecule has 0 saturated carbocycles. The number of benzene rings is 2. The van der Waals surface area contributed by atoms with Crippen molar-refractivity contribution in [3.05, 3.63) is 63.7 Å².